The van der Waals surface area contributed by atoms with Crippen LogP contribution in [0.1, 0.15) is 37.0 Å². The van der Waals surface area contributed by atoms with Gasteiger partial charge in [-0.15, -0.1) is 0 Å². The van der Waals surface area contributed by atoms with Crippen molar-refractivity contribution >= 4 is 0 Å². The Hall–Kier alpha value is -1.88. The largest absolute Gasteiger partial charge is 0.485 e. The summed E-state index contributed by atoms with van der Waals surface area (Å²) in [6.07, 6.45) is 1.96. The molecule has 0 amide bonds. The monoisotopic (exact) mass is 260 g/mol. The fraction of sp³-hybridized carbons (Fsp3) is 0.429. The van der Waals surface area contributed by atoms with Crippen molar-refractivity contribution in [3.8, 4) is 5.75 Å². The summed E-state index contributed by atoms with van der Waals surface area (Å²) in [7, 11) is 0. The van der Waals surface area contributed by atoms with Crippen molar-refractivity contribution in [2.75, 3.05) is 0 Å². The molecule has 0 bridgehead atoms. The number of nitrogens with two attached hydrogens (primary N) is 1. The average Bonchev–Trinajstić information content (AvgIpc) is 2.86. The summed E-state index contributed by atoms with van der Waals surface area (Å²) < 4.78 is 7.66. The first-order valence-corrected chi connectivity index (χ1v) is 6.43. The Kier molecular flexibility index (Phi) is 4.16. The van der Waals surface area contributed by atoms with E-state index in [-0.39, 0.29) is 0 Å². The van der Waals surface area contributed by atoms with Gasteiger partial charge in [0.25, 0.3) is 0 Å². The second-order valence-corrected chi connectivity index (χ2v) is 4.77. The second-order valence-electron chi connectivity index (χ2n) is 4.77. The summed E-state index contributed by atoms with van der Waals surface area (Å²) in [5.41, 5.74) is 8.29. The first kappa shape index (κ1) is 13.5. The molecular formula is C14H20N4O. The molecule has 0 aliphatic heterocycles. The predicted molar refractivity (Wildman–Crippen MR) is 73.8 cm³/mol. The van der Waals surface area contributed by atoms with Crippen molar-refractivity contribution in [1.29, 1.82) is 0 Å². The molecule has 0 radical (unpaired) electrons. The van der Waals surface area contributed by atoms with Gasteiger partial charge in [-0.25, -0.2) is 0 Å². The minimum absolute atomic E-state index is 0.356. The van der Waals surface area contributed by atoms with Crippen LogP contribution in [0.15, 0.2) is 24.4 Å². The Labute approximate surface area is 113 Å². The van der Waals surface area contributed by atoms with Crippen molar-refractivity contribution in [2.45, 2.75) is 40.0 Å². The minimum Gasteiger partial charge on any atom is -0.485 e. The number of pyridine rings is 1. The van der Waals surface area contributed by atoms with Gasteiger partial charge in [0.1, 0.15) is 12.4 Å². The number of nitrogens with zero attached hydrogens (tertiary/aromatic N) is 3. The highest BCUT2D eigenvalue weighted by molar-refractivity contribution is 5.29. The summed E-state index contributed by atoms with van der Waals surface area (Å²) >= 11 is 0. The lowest BCUT2D eigenvalue weighted by atomic mass is 10.3. The molecule has 5 nitrogen and oxygen atoms in total. The third-order valence-electron chi connectivity index (χ3n) is 2.83. The maximum absolute atomic E-state index is 5.74. The maximum Gasteiger partial charge on any atom is 0.142 e. The van der Waals surface area contributed by atoms with Crippen molar-refractivity contribution in [1.82, 2.24) is 14.8 Å². The highest BCUT2D eigenvalue weighted by Crippen LogP contribution is 2.17. The van der Waals surface area contributed by atoms with Crippen LogP contribution < -0.4 is 10.5 Å². The normalized spacial score (nSPS) is 11.0. The quantitative estimate of drug-likeness (QED) is 0.895. The number of ether oxygens (including phenoxy) is 1. The molecule has 0 unspecified atom stereocenters. The van der Waals surface area contributed by atoms with Gasteiger partial charge < -0.3 is 10.5 Å². The molecule has 2 rings (SSSR count). The molecule has 5 heteroatoms. The highest BCUT2D eigenvalue weighted by atomic mass is 16.5. The molecule has 0 saturated carbocycles. The van der Waals surface area contributed by atoms with Crippen LogP contribution in [0.25, 0.3) is 0 Å². The van der Waals surface area contributed by atoms with E-state index in [4.69, 9.17) is 10.5 Å². The molecule has 0 saturated heterocycles. The van der Waals surface area contributed by atoms with E-state index in [0.29, 0.717) is 19.2 Å². The fourth-order valence-electron chi connectivity index (χ4n) is 1.77. The van der Waals surface area contributed by atoms with Gasteiger partial charge in [0.2, 0.25) is 0 Å². The maximum atomic E-state index is 5.74. The molecule has 0 atom stereocenters. The van der Waals surface area contributed by atoms with Crippen molar-refractivity contribution < 1.29 is 4.74 Å². The van der Waals surface area contributed by atoms with Crippen LogP contribution in [0, 0.1) is 6.92 Å². The Morgan fingerprint density at radius 2 is 2.11 bits per heavy atom. The topological polar surface area (TPSA) is 66.0 Å². The summed E-state index contributed by atoms with van der Waals surface area (Å²) in [6.45, 7) is 6.92. The smallest absolute Gasteiger partial charge is 0.142 e. The van der Waals surface area contributed by atoms with Gasteiger partial charge in [0, 0.05) is 24.5 Å². The Morgan fingerprint density at radius 1 is 1.32 bits per heavy atom. The van der Waals surface area contributed by atoms with Crippen LogP contribution in [-0.4, -0.2) is 14.8 Å². The summed E-state index contributed by atoms with van der Waals surface area (Å²) in [5, 5.41) is 4.44. The Balaban J connectivity index is 2.05. The number of aryl methyl sites for hydroxylation is 1. The van der Waals surface area contributed by atoms with Gasteiger partial charge in [-0.1, -0.05) is 0 Å². The van der Waals surface area contributed by atoms with Crippen LogP contribution in [0.5, 0.6) is 5.75 Å². The third-order valence-corrected chi connectivity index (χ3v) is 2.83. The summed E-state index contributed by atoms with van der Waals surface area (Å²) in [4.78, 5) is 4.36. The highest BCUT2D eigenvalue weighted by Gasteiger charge is 2.07. The minimum atomic E-state index is 0.356. The molecule has 0 aliphatic rings. The SMILES string of the molecule is Cc1ccc(OCc2ccn(C(C)C)n2)c(CN)n1. The first-order valence-electron chi connectivity index (χ1n) is 6.43. The van der Waals surface area contributed by atoms with E-state index in [9.17, 15) is 0 Å². The molecule has 102 valence electrons. The van der Waals surface area contributed by atoms with Crippen LogP contribution in [0.4, 0.5) is 0 Å². The zero-order valence-corrected chi connectivity index (χ0v) is 11.6. The third kappa shape index (κ3) is 3.32. The van der Waals surface area contributed by atoms with Crippen molar-refractivity contribution in [2.24, 2.45) is 5.73 Å². The summed E-state index contributed by atoms with van der Waals surface area (Å²) in [6, 6.07) is 6.14. The Bertz CT molecular complexity index is 548. The van der Waals surface area contributed by atoms with Gasteiger partial charge in [0.05, 0.1) is 11.4 Å². The van der Waals surface area contributed by atoms with E-state index in [1.54, 1.807) is 0 Å². The van der Waals surface area contributed by atoms with E-state index in [2.05, 4.69) is 23.9 Å². The summed E-state index contributed by atoms with van der Waals surface area (Å²) in [5.74, 6) is 0.729. The number of rotatable bonds is 5. The molecule has 2 heterocycles. The van der Waals surface area contributed by atoms with Gasteiger partial charge in [-0.05, 0) is 39.0 Å². The molecule has 0 aromatic carbocycles. The predicted octanol–water partition coefficient (Wildman–Crippen LogP) is 2.21. The van der Waals surface area contributed by atoms with E-state index in [1.807, 2.05) is 36.0 Å². The van der Waals surface area contributed by atoms with Crippen LogP contribution in [0.2, 0.25) is 0 Å². The molecule has 19 heavy (non-hydrogen) atoms. The molecule has 0 aliphatic carbocycles. The van der Waals surface area contributed by atoms with Gasteiger partial charge in [0.15, 0.2) is 0 Å². The van der Waals surface area contributed by atoms with Gasteiger partial charge in [-0.2, -0.15) is 5.10 Å². The molecule has 0 fully saturated rings. The van der Waals surface area contributed by atoms with E-state index >= 15 is 0 Å². The first-order chi connectivity index (χ1) is 9.10. The molecule has 2 aromatic heterocycles. The average molecular weight is 260 g/mol. The lowest BCUT2D eigenvalue weighted by Gasteiger charge is -2.09. The molecule has 2 aromatic rings. The van der Waals surface area contributed by atoms with Crippen LogP contribution in [0.3, 0.4) is 0 Å². The molecule has 2 N–H and O–H groups in total. The van der Waals surface area contributed by atoms with Crippen molar-refractivity contribution in [3.05, 3.63) is 41.5 Å². The van der Waals surface area contributed by atoms with E-state index in [0.717, 1.165) is 22.8 Å². The number of aromatic nitrogens is 3. The zero-order chi connectivity index (χ0) is 13.8. The molecule has 0 spiro atoms. The van der Waals surface area contributed by atoms with Crippen LogP contribution in [-0.2, 0) is 13.2 Å². The molecular weight excluding hydrogens is 240 g/mol. The zero-order valence-electron chi connectivity index (χ0n) is 11.6. The second kappa shape index (κ2) is 5.84. The van der Waals surface area contributed by atoms with E-state index < -0.39 is 0 Å². The van der Waals surface area contributed by atoms with Gasteiger partial charge in [-0.3, -0.25) is 9.67 Å². The standard InChI is InChI=1S/C14H20N4O/c1-10(2)18-7-6-12(17-18)9-19-14-5-4-11(3)16-13(14)8-15/h4-7,10H,8-9,15H2,1-3H3. The van der Waals surface area contributed by atoms with Gasteiger partial charge >= 0.3 is 0 Å². The van der Waals surface area contributed by atoms with Crippen LogP contribution >= 0.6 is 0 Å². The fourth-order valence-corrected chi connectivity index (χ4v) is 1.77. The lowest BCUT2D eigenvalue weighted by molar-refractivity contribution is 0.294. The van der Waals surface area contributed by atoms with Crippen molar-refractivity contribution in [3.63, 3.8) is 0 Å². The number of hydrogen-bond donors (Lipinski definition) is 1. The Morgan fingerprint density at radius 3 is 2.74 bits per heavy atom. The lowest BCUT2D eigenvalue weighted by Crippen LogP contribution is -2.07. The number of hydrogen-bond acceptors (Lipinski definition) is 4. The van der Waals surface area contributed by atoms with E-state index in [1.165, 1.54) is 0 Å².